The second-order valence-electron chi connectivity index (χ2n) is 5.64. The average molecular weight is 317 g/mol. The number of carbonyl (C=O) groups is 1. The Hall–Kier alpha value is -2.94. The fraction of sp³-hybridized carbons (Fsp3) is 0.143. The van der Waals surface area contributed by atoms with Gasteiger partial charge in [-0.2, -0.15) is 0 Å². The molecule has 0 aliphatic heterocycles. The highest BCUT2D eigenvalue weighted by molar-refractivity contribution is 6.10. The Morgan fingerprint density at radius 3 is 2.50 bits per heavy atom. The van der Waals surface area contributed by atoms with E-state index in [1.54, 1.807) is 36.5 Å². The molecule has 0 aliphatic carbocycles. The van der Waals surface area contributed by atoms with Crippen molar-refractivity contribution in [3.05, 3.63) is 89.1 Å². The maximum atomic E-state index is 12.8. The monoisotopic (exact) mass is 317 g/mol. The number of rotatable bonds is 5. The number of ketones is 1. The van der Waals surface area contributed by atoms with Crippen LogP contribution in [-0.2, 0) is 6.42 Å². The van der Waals surface area contributed by atoms with E-state index in [4.69, 9.17) is 4.74 Å². The van der Waals surface area contributed by atoms with E-state index in [-0.39, 0.29) is 5.78 Å². The number of benzene rings is 2. The molecule has 24 heavy (non-hydrogen) atoms. The van der Waals surface area contributed by atoms with E-state index in [1.165, 1.54) is 0 Å². The van der Waals surface area contributed by atoms with Gasteiger partial charge in [0.25, 0.3) is 0 Å². The van der Waals surface area contributed by atoms with Gasteiger partial charge in [-0.05, 0) is 55.3 Å². The largest absolute Gasteiger partial charge is 0.439 e. The molecular weight excluding hydrogens is 298 g/mol. The zero-order chi connectivity index (χ0) is 16.9. The van der Waals surface area contributed by atoms with Crippen LogP contribution in [-0.4, -0.2) is 10.8 Å². The number of hydrogen-bond donors (Lipinski definition) is 0. The van der Waals surface area contributed by atoms with Gasteiger partial charge in [0, 0.05) is 23.4 Å². The van der Waals surface area contributed by atoms with Crippen molar-refractivity contribution in [1.29, 1.82) is 0 Å². The SMILES string of the molecule is CCc1ccc(C)cc1C(=O)c1ccc(Oc2ccccn2)cc1. The van der Waals surface area contributed by atoms with Crippen molar-refractivity contribution >= 4 is 5.78 Å². The first-order valence-corrected chi connectivity index (χ1v) is 8.00. The van der Waals surface area contributed by atoms with Gasteiger partial charge < -0.3 is 4.74 Å². The molecular formula is C21H19NO2. The lowest BCUT2D eigenvalue weighted by molar-refractivity contribution is 0.103. The summed E-state index contributed by atoms with van der Waals surface area (Å²) in [5.41, 5.74) is 3.59. The molecule has 0 atom stereocenters. The van der Waals surface area contributed by atoms with E-state index in [9.17, 15) is 4.79 Å². The Kier molecular flexibility index (Phi) is 4.71. The summed E-state index contributed by atoms with van der Waals surface area (Å²) < 4.78 is 5.66. The molecule has 0 bridgehead atoms. The summed E-state index contributed by atoms with van der Waals surface area (Å²) in [4.78, 5) is 16.9. The lowest BCUT2D eigenvalue weighted by Gasteiger charge is -2.09. The van der Waals surface area contributed by atoms with E-state index in [1.807, 2.05) is 37.3 Å². The second-order valence-corrected chi connectivity index (χ2v) is 5.64. The Morgan fingerprint density at radius 1 is 1.04 bits per heavy atom. The van der Waals surface area contributed by atoms with Crippen LogP contribution in [0.5, 0.6) is 11.6 Å². The first-order valence-electron chi connectivity index (χ1n) is 8.00. The van der Waals surface area contributed by atoms with E-state index in [2.05, 4.69) is 11.9 Å². The van der Waals surface area contributed by atoms with Gasteiger partial charge in [-0.15, -0.1) is 0 Å². The molecule has 3 heteroatoms. The van der Waals surface area contributed by atoms with Gasteiger partial charge in [0.1, 0.15) is 5.75 Å². The van der Waals surface area contributed by atoms with Crippen LogP contribution in [0.1, 0.15) is 34.0 Å². The molecule has 3 nitrogen and oxygen atoms in total. The zero-order valence-corrected chi connectivity index (χ0v) is 13.8. The van der Waals surface area contributed by atoms with Gasteiger partial charge in [0.15, 0.2) is 5.78 Å². The number of aryl methyl sites for hydroxylation is 2. The van der Waals surface area contributed by atoms with Crippen molar-refractivity contribution in [2.45, 2.75) is 20.3 Å². The Morgan fingerprint density at radius 2 is 1.83 bits per heavy atom. The van der Waals surface area contributed by atoms with Crippen LogP contribution in [0.15, 0.2) is 66.9 Å². The van der Waals surface area contributed by atoms with Crippen LogP contribution in [0.2, 0.25) is 0 Å². The molecule has 0 unspecified atom stereocenters. The number of ether oxygens (including phenoxy) is 1. The normalized spacial score (nSPS) is 10.4. The first-order chi connectivity index (χ1) is 11.7. The van der Waals surface area contributed by atoms with Gasteiger partial charge >= 0.3 is 0 Å². The molecule has 0 N–H and O–H groups in total. The lowest BCUT2D eigenvalue weighted by atomic mass is 9.95. The maximum Gasteiger partial charge on any atom is 0.219 e. The topological polar surface area (TPSA) is 39.2 Å². The summed E-state index contributed by atoms with van der Waals surface area (Å²) >= 11 is 0. The smallest absolute Gasteiger partial charge is 0.219 e. The molecule has 1 aromatic heterocycles. The van der Waals surface area contributed by atoms with Crippen molar-refractivity contribution in [2.75, 3.05) is 0 Å². The summed E-state index contributed by atoms with van der Waals surface area (Å²) in [5, 5.41) is 0. The number of pyridine rings is 1. The van der Waals surface area contributed by atoms with Gasteiger partial charge in [0.05, 0.1) is 0 Å². The van der Waals surface area contributed by atoms with Crippen LogP contribution in [0.25, 0.3) is 0 Å². The second kappa shape index (κ2) is 7.09. The highest BCUT2D eigenvalue weighted by Crippen LogP contribution is 2.22. The molecule has 3 rings (SSSR count). The molecule has 0 spiro atoms. The lowest BCUT2D eigenvalue weighted by Crippen LogP contribution is -2.05. The van der Waals surface area contributed by atoms with E-state index in [0.717, 1.165) is 23.1 Å². The van der Waals surface area contributed by atoms with Gasteiger partial charge in [-0.3, -0.25) is 4.79 Å². The molecule has 0 amide bonds. The van der Waals surface area contributed by atoms with Crippen molar-refractivity contribution in [1.82, 2.24) is 4.98 Å². The standard InChI is InChI=1S/C21H19NO2/c1-3-16-8-7-15(2)14-19(16)21(23)17-9-11-18(12-10-17)24-20-6-4-5-13-22-20/h4-14H,3H2,1-2H3. The third-order valence-corrected chi connectivity index (χ3v) is 3.87. The van der Waals surface area contributed by atoms with Crippen molar-refractivity contribution in [3.63, 3.8) is 0 Å². The van der Waals surface area contributed by atoms with Gasteiger partial charge in [0.2, 0.25) is 5.88 Å². The van der Waals surface area contributed by atoms with Crippen LogP contribution in [0, 0.1) is 6.92 Å². The fourth-order valence-corrected chi connectivity index (χ4v) is 2.57. The Balaban J connectivity index is 1.83. The van der Waals surface area contributed by atoms with E-state index < -0.39 is 0 Å². The minimum absolute atomic E-state index is 0.0416. The van der Waals surface area contributed by atoms with Crippen LogP contribution >= 0.6 is 0 Å². The van der Waals surface area contributed by atoms with Crippen LogP contribution < -0.4 is 4.74 Å². The number of carbonyl (C=O) groups excluding carboxylic acids is 1. The number of nitrogens with zero attached hydrogens (tertiary/aromatic N) is 1. The number of hydrogen-bond acceptors (Lipinski definition) is 3. The maximum absolute atomic E-state index is 12.8. The zero-order valence-electron chi connectivity index (χ0n) is 13.8. The highest BCUT2D eigenvalue weighted by Gasteiger charge is 2.13. The first kappa shape index (κ1) is 15.9. The van der Waals surface area contributed by atoms with Gasteiger partial charge in [-0.25, -0.2) is 4.98 Å². The summed E-state index contributed by atoms with van der Waals surface area (Å²) in [7, 11) is 0. The summed E-state index contributed by atoms with van der Waals surface area (Å²) in [6.45, 7) is 4.06. The van der Waals surface area contributed by atoms with Crippen molar-refractivity contribution in [2.24, 2.45) is 0 Å². The Labute approximate surface area is 142 Å². The van der Waals surface area contributed by atoms with Crippen molar-refractivity contribution < 1.29 is 9.53 Å². The summed E-state index contributed by atoms with van der Waals surface area (Å²) in [5.74, 6) is 1.23. The molecule has 0 fully saturated rings. The summed E-state index contributed by atoms with van der Waals surface area (Å²) in [6, 6.07) is 18.7. The predicted molar refractivity (Wildman–Crippen MR) is 94.7 cm³/mol. The molecule has 0 aliphatic rings. The van der Waals surface area contributed by atoms with E-state index >= 15 is 0 Å². The van der Waals surface area contributed by atoms with Crippen molar-refractivity contribution in [3.8, 4) is 11.6 Å². The molecule has 120 valence electrons. The average Bonchev–Trinajstić information content (AvgIpc) is 2.62. The quantitative estimate of drug-likeness (QED) is 0.623. The molecule has 3 aromatic rings. The molecule has 1 heterocycles. The fourth-order valence-electron chi connectivity index (χ4n) is 2.57. The van der Waals surface area contributed by atoms with Crippen LogP contribution in [0.4, 0.5) is 0 Å². The van der Waals surface area contributed by atoms with Gasteiger partial charge in [-0.1, -0.05) is 30.7 Å². The molecule has 0 saturated carbocycles. The van der Waals surface area contributed by atoms with Crippen LogP contribution in [0.3, 0.4) is 0 Å². The number of aromatic nitrogens is 1. The Bertz CT molecular complexity index is 839. The minimum Gasteiger partial charge on any atom is -0.439 e. The third kappa shape index (κ3) is 3.51. The minimum atomic E-state index is 0.0416. The third-order valence-electron chi connectivity index (χ3n) is 3.87. The summed E-state index contributed by atoms with van der Waals surface area (Å²) in [6.07, 6.45) is 2.51. The highest BCUT2D eigenvalue weighted by atomic mass is 16.5. The molecule has 2 aromatic carbocycles. The van der Waals surface area contributed by atoms with E-state index in [0.29, 0.717) is 17.2 Å². The molecule has 0 saturated heterocycles. The molecule has 0 radical (unpaired) electrons. The predicted octanol–water partition coefficient (Wildman–Crippen LogP) is 4.98.